The van der Waals surface area contributed by atoms with Crippen molar-refractivity contribution < 1.29 is 5.11 Å². The van der Waals surface area contributed by atoms with Crippen LogP contribution in [0.3, 0.4) is 0 Å². The molecular formula is C18H32N2O. The van der Waals surface area contributed by atoms with Gasteiger partial charge in [-0.25, -0.2) is 0 Å². The molecule has 120 valence electrons. The van der Waals surface area contributed by atoms with E-state index in [9.17, 15) is 5.11 Å². The van der Waals surface area contributed by atoms with Crippen molar-refractivity contribution in [2.45, 2.75) is 51.6 Å². The third-order valence-electron chi connectivity index (χ3n) is 4.25. The van der Waals surface area contributed by atoms with Gasteiger partial charge in [0.2, 0.25) is 0 Å². The molecular weight excluding hydrogens is 260 g/mol. The summed E-state index contributed by atoms with van der Waals surface area (Å²) in [4.78, 5) is 2.38. The number of likely N-dealkylation sites (N-methyl/N-ethyl adjacent to an activating group) is 1. The van der Waals surface area contributed by atoms with E-state index >= 15 is 0 Å². The van der Waals surface area contributed by atoms with E-state index in [1.807, 2.05) is 0 Å². The highest BCUT2D eigenvalue weighted by molar-refractivity contribution is 5.14. The Labute approximate surface area is 130 Å². The quantitative estimate of drug-likeness (QED) is 0.696. The summed E-state index contributed by atoms with van der Waals surface area (Å²) in [7, 11) is 2.17. The maximum absolute atomic E-state index is 9.67. The van der Waals surface area contributed by atoms with Crippen molar-refractivity contribution in [3.8, 4) is 0 Å². The van der Waals surface area contributed by atoms with E-state index in [0.717, 1.165) is 32.4 Å². The number of aliphatic hydroxyl groups is 1. The lowest BCUT2D eigenvalue weighted by atomic mass is 9.93. The number of aliphatic hydroxyl groups excluding tert-OH is 1. The maximum Gasteiger partial charge on any atom is 0.0611 e. The van der Waals surface area contributed by atoms with Gasteiger partial charge in [-0.15, -0.1) is 0 Å². The van der Waals surface area contributed by atoms with Gasteiger partial charge in [0.05, 0.1) is 6.61 Å². The molecule has 0 fully saturated rings. The molecule has 1 aromatic carbocycles. The van der Waals surface area contributed by atoms with Gasteiger partial charge >= 0.3 is 0 Å². The molecule has 1 rings (SSSR count). The van der Waals surface area contributed by atoms with Crippen molar-refractivity contribution in [3.63, 3.8) is 0 Å². The number of rotatable bonds is 10. The molecule has 0 heterocycles. The summed E-state index contributed by atoms with van der Waals surface area (Å²) in [6, 6.07) is 11.0. The van der Waals surface area contributed by atoms with Crippen molar-refractivity contribution >= 4 is 0 Å². The van der Waals surface area contributed by atoms with Crippen LogP contribution in [-0.2, 0) is 6.42 Å². The zero-order valence-electron chi connectivity index (χ0n) is 14.1. The Hall–Kier alpha value is -0.900. The molecule has 0 radical (unpaired) electrons. The summed E-state index contributed by atoms with van der Waals surface area (Å²) >= 11 is 0. The molecule has 1 aromatic rings. The molecule has 0 spiro atoms. The lowest BCUT2D eigenvalue weighted by molar-refractivity contribution is 0.127. The van der Waals surface area contributed by atoms with Crippen LogP contribution in [0.2, 0.25) is 0 Å². The lowest BCUT2D eigenvalue weighted by Crippen LogP contribution is -2.50. The van der Waals surface area contributed by atoms with E-state index in [2.05, 4.69) is 68.4 Å². The molecule has 3 heteroatoms. The second kappa shape index (κ2) is 9.19. The molecule has 0 saturated carbocycles. The fourth-order valence-electron chi connectivity index (χ4n) is 2.60. The van der Waals surface area contributed by atoms with Crippen molar-refractivity contribution in [2.75, 3.05) is 26.7 Å². The number of benzene rings is 1. The van der Waals surface area contributed by atoms with Crippen LogP contribution in [0.15, 0.2) is 30.3 Å². The second-order valence-electron chi connectivity index (χ2n) is 6.41. The van der Waals surface area contributed by atoms with E-state index in [1.165, 1.54) is 5.56 Å². The van der Waals surface area contributed by atoms with Crippen LogP contribution in [0.1, 0.15) is 39.2 Å². The summed E-state index contributed by atoms with van der Waals surface area (Å²) < 4.78 is 0. The van der Waals surface area contributed by atoms with Gasteiger partial charge < -0.3 is 15.3 Å². The minimum absolute atomic E-state index is 0.184. The first-order valence-corrected chi connectivity index (χ1v) is 8.11. The minimum atomic E-state index is -0.184. The molecule has 0 aliphatic carbocycles. The topological polar surface area (TPSA) is 35.5 Å². The zero-order chi connectivity index (χ0) is 15.7. The van der Waals surface area contributed by atoms with Crippen LogP contribution < -0.4 is 5.32 Å². The Kier molecular flexibility index (Phi) is 7.94. The van der Waals surface area contributed by atoms with Crippen LogP contribution in [0, 0.1) is 0 Å². The number of nitrogens with one attached hydrogen (secondary N) is 1. The lowest BCUT2D eigenvalue weighted by Gasteiger charge is -2.35. The molecule has 2 unspecified atom stereocenters. The third kappa shape index (κ3) is 6.60. The predicted molar refractivity (Wildman–Crippen MR) is 90.6 cm³/mol. The van der Waals surface area contributed by atoms with Gasteiger partial charge in [-0.05, 0) is 52.3 Å². The Morgan fingerprint density at radius 2 is 1.95 bits per heavy atom. The van der Waals surface area contributed by atoms with Crippen molar-refractivity contribution in [2.24, 2.45) is 0 Å². The first-order chi connectivity index (χ1) is 10.0. The molecule has 0 amide bonds. The van der Waals surface area contributed by atoms with Gasteiger partial charge in [0.1, 0.15) is 0 Å². The summed E-state index contributed by atoms with van der Waals surface area (Å²) in [5.41, 5.74) is 1.20. The molecule has 2 atom stereocenters. The Balaban J connectivity index is 2.43. The van der Waals surface area contributed by atoms with Gasteiger partial charge in [0.25, 0.3) is 0 Å². The molecule has 21 heavy (non-hydrogen) atoms. The normalized spacial score (nSPS) is 15.9. The highest BCUT2D eigenvalue weighted by Crippen LogP contribution is 2.16. The minimum Gasteiger partial charge on any atom is -0.394 e. The third-order valence-corrected chi connectivity index (χ3v) is 4.25. The van der Waals surface area contributed by atoms with Crippen molar-refractivity contribution in [3.05, 3.63) is 35.9 Å². The maximum atomic E-state index is 9.67. The Morgan fingerprint density at radius 1 is 1.29 bits per heavy atom. The Bertz CT molecular complexity index is 382. The SMILES string of the molecule is CCCNC(C)(CO)CC(C)N(C)CCc1ccccc1. The fourth-order valence-corrected chi connectivity index (χ4v) is 2.60. The summed E-state index contributed by atoms with van der Waals surface area (Å²) in [6.07, 6.45) is 3.11. The van der Waals surface area contributed by atoms with Crippen LogP contribution in [0.4, 0.5) is 0 Å². The summed E-state index contributed by atoms with van der Waals surface area (Å²) in [5, 5.41) is 13.1. The largest absolute Gasteiger partial charge is 0.394 e. The highest BCUT2D eigenvalue weighted by atomic mass is 16.3. The number of hydrogen-bond acceptors (Lipinski definition) is 3. The van der Waals surface area contributed by atoms with Crippen LogP contribution >= 0.6 is 0 Å². The van der Waals surface area contributed by atoms with Gasteiger partial charge in [-0.1, -0.05) is 37.3 Å². The molecule has 0 saturated heterocycles. The van der Waals surface area contributed by atoms with Crippen LogP contribution in [0.25, 0.3) is 0 Å². The monoisotopic (exact) mass is 292 g/mol. The van der Waals surface area contributed by atoms with Crippen LogP contribution in [0.5, 0.6) is 0 Å². The number of nitrogens with zero attached hydrogens (tertiary/aromatic N) is 1. The zero-order valence-corrected chi connectivity index (χ0v) is 14.1. The first kappa shape index (κ1) is 18.1. The van der Waals surface area contributed by atoms with E-state index in [1.54, 1.807) is 0 Å². The summed E-state index contributed by atoms with van der Waals surface area (Å²) in [5.74, 6) is 0. The van der Waals surface area contributed by atoms with Crippen molar-refractivity contribution in [1.29, 1.82) is 0 Å². The smallest absolute Gasteiger partial charge is 0.0611 e. The van der Waals surface area contributed by atoms with E-state index in [4.69, 9.17) is 0 Å². The molecule has 0 aliphatic rings. The van der Waals surface area contributed by atoms with Crippen LogP contribution in [-0.4, -0.2) is 48.3 Å². The Morgan fingerprint density at radius 3 is 2.52 bits per heavy atom. The molecule has 0 bridgehead atoms. The van der Waals surface area contributed by atoms with Gasteiger partial charge in [0.15, 0.2) is 0 Å². The molecule has 0 aromatic heterocycles. The van der Waals surface area contributed by atoms with Gasteiger partial charge in [-0.2, -0.15) is 0 Å². The van der Waals surface area contributed by atoms with E-state index < -0.39 is 0 Å². The van der Waals surface area contributed by atoms with Gasteiger partial charge in [0, 0.05) is 18.1 Å². The first-order valence-electron chi connectivity index (χ1n) is 8.11. The standard InChI is InChI=1S/C18H32N2O/c1-5-12-19-18(3,15-21)14-16(2)20(4)13-11-17-9-7-6-8-10-17/h6-10,16,19,21H,5,11-15H2,1-4H3. The van der Waals surface area contributed by atoms with Crippen molar-refractivity contribution in [1.82, 2.24) is 10.2 Å². The molecule has 2 N–H and O–H groups in total. The van der Waals surface area contributed by atoms with Gasteiger partial charge in [-0.3, -0.25) is 0 Å². The van der Waals surface area contributed by atoms with E-state index in [-0.39, 0.29) is 12.1 Å². The molecule has 0 aliphatic heterocycles. The average Bonchev–Trinajstić information content (AvgIpc) is 2.51. The fraction of sp³-hybridized carbons (Fsp3) is 0.667. The highest BCUT2D eigenvalue weighted by Gasteiger charge is 2.26. The average molecular weight is 292 g/mol. The number of hydrogen-bond donors (Lipinski definition) is 2. The predicted octanol–water partition coefficient (Wildman–Crippen LogP) is 2.69. The van der Waals surface area contributed by atoms with E-state index in [0.29, 0.717) is 6.04 Å². The molecule has 3 nitrogen and oxygen atoms in total. The summed E-state index contributed by atoms with van der Waals surface area (Å²) in [6.45, 7) is 8.69. The second-order valence-corrected chi connectivity index (χ2v) is 6.41.